The number of aryl methyl sites for hydroxylation is 2. The number of hydrogen-bond acceptors (Lipinski definition) is 2. The largest absolute Gasteiger partial charge is 0.314 e. The number of fused-ring (bicyclic) bond motifs is 1. The summed E-state index contributed by atoms with van der Waals surface area (Å²) >= 11 is 1.72. The van der Waals surface area contributed by atoms with E-state index in [4.69, 9.17) is 0 Å². The minimum atomic E-state index is 0.729. The van der Waals surface area contributed by atoms with Gasteiger partial charge in [-0.05, 0) is 49.7 Å². The molecule has 3 rings (SSSR count). The number of nitrogens with zero attached hydrogens (tertiary/aromatic N) is 1. The van der Waals surface area contributed by atoms with Gasteiger partial charge in [-0.25, -0.2) is 0 Å². The molecule has 3 aromatic heterocycles. The standard InChI is InChI=1S/C15H13NOS/c1-10-5-6-16-12(7-10)8-13(14(16)9-17)15-4-3-11(2)18-15/h3-9H,1-2H3. The van der Waals surface area contributed by atoms with E-state index in [1.165, 1.54) is 10.4 Å². The average molecular weight is 255 g/mol. The van der Waals surface area contributed by atoms with Gasteiger partial charge in [-0.15, -0.1) is 11.3 Å². The molecule has 0 aliphatic carbocycles. The van der Waals surface area contributed by atoms with Crippen molar-refractivity contribution >= 4 is 23.1 Å². The first kappa shape index (κ1) is 11.2. The third kappa shape index (κ3) is 1.68. The monoisotopic (exact) mass is 255 g/mol. The smallest absolute Gasteiger partial charge is 0.167 e. The minimum absolute atomic E-state index is 0.729. The van der Waals surface area contributed by atoms with Gasteiger partial charge >= 0.3 is 0 Å². The molecule has 3 aromatic rings. The summed E-state index contributed by atoms with van der Waals surface area (Å²) in [6, 6.07) is 10.4. The number of hydrogen-bond donors (Lipinski definition) is 0. The molecule has 3 heteroatoms. The van der Waals surface area contributed by atoms with Crippen LogP contribution >= 0.6 is 11.3 Å². The summed E-state index contributed by atoms with van der Waals surface area (Å²) in [7, 11) is 0. The van der Waals surface area contributed by atoms with Gasteiger partial charge in [0.2, 0.25) is 0 Å². The van der Waals surface area contributed by atoms with Gasteiger partial charge in [-0.1, -0.05) is 0 Å². The highest BCUT2D eigenvalue weighted by atomic mass is 32.1. The van der Waals surface area contributed by atoms with Crippen LogP contribution in [0.2, 0.25) is 0 Å². The molecule has 0 saturated carbocycles. The van der Waals surface area contributed by atoms with E-state index >= 15 is 0 Å². The zero-order valence-electron chi connectivity index (χ0n) is 10.3. The molecule has 0 aliphatic heterocycles. The Balaban J connectivity index is 2.32. The maximum Gasteiger partial charge on any atom is 0.167 e. The van der Waals surface area contributed by atoms with E-state index in [0.29, 0.717) is 0 Å². The molecule has 18 heavy (non-hydrogen) atoms. The van der Waals surface area contributed by atoms with Gasteiger partial charge in [-0.3, -0.25) is 4.79 Å². The molecule has 0 amide bonds. The molecule has 0 atom stereocenters. The molecule has 90 valence electrons. The number of thiophene rings is 1. The average Bonchev–Trinajstić information content (AvgIpc) is 2.91. The fourth-order valence-electron chi connectivity index (χ4n) is 2.21. The lowest BCUT2D eigenvalue weighted by Crippen LogP contribution is -1.91. The minimum Gasteiger partial charge on any atom is -0.314 e. The molecule has 0 N–H and O–H groups in total. The van der Waals surface area contributed by atoms with E-state index in [1.807, 2.05) is 16.7 Å². The molecule has 3 heterocycles. The maximum absolute atomic E-state index is 11.4. The van der Waals surface area contributed by atoms with Crippen molar-refractivity contribution in [2.24, 2.45) is 0 Å². The fourth-order valence-corrected chi connectivity index (χ4v) is 3.10. The number of aldehydes is 1. The van der Waals surface area contributed by atoms with E-state index in [9.17, 15) is 4.79 Å². The molecule has 0 unspecified atom stereocenters. The first-order valence-corrected chi connectivity index (χ1v) is 6.64. The molecule has 0 bridgehead atoms. The van der Waals surface area contributed by atoms with Gasteiger partial charge in [0.25, 0.3) is 0 Å². The van der Waals surface area contributed by atoms with Crippen LogP contribution in [-0.2, 0) is 0 Å². The van der Waals surface area contributed by atoms with Crippen LogP contribution in [0.1, 0.15) is 20.9 Å². The van der Waals surface area contributed by atoms with E-state index in [1.54, 1.807) is 11.3 Å². The van der Waals surface area contributed by atoms with Crippen molar-refractivity contribution in [2.45, 2.75) is 13.8 Å². The zero-order valence-corrected chi connectivity index (χ0v) is 11.1. The summed E-state index contributed by atoms with van der Waals surface area (Å²) in [5.74, 6) is 0. The van der Waals surface area contributed by atoms with Crippen LogP contribution in [0.4, 0.5) is 0 Å². The molecule has 0 fully saturated rings. The summed E-state index contributed by atoms with van der Waals surface area (Å²) in [6.45, 7) is 4.14. The number of carbonyl (C=O) groups excluding carboxylic acids is 1. The molecule has 0 saturated heterocycles. The Morgan fingerprint density at radius 2 is 2.00 bits per heavy atom. The van der Waals surface area contributed by atoms with Gasteiger partial charge in [0.1, 0.15) is 0 Å². The van der Waals surface area contributed by atoms with Crippen LogP contribution in [0.15, 0.2) is 36.5 Å². The Hall–Kier alpha value is -1.87. The Kier molecular flexibility index (Phi) is 2.56. The second-order valence-electron chi connectivity index (χ2n) is 4.47. The molecule has 0 aliphatic rings. The summed E-state index contributed by atoms with van der Waals surface area (Å²) in [5, 5.41) is 0. The highest BCUT2D eigenvalue weighted by Gasteiger charge is 2.12. The van der Waals surface area contributed by atoms with E-state index < -0.39 is 0 Å². The lowest BCUT2D eigenvalue weighted by Gasteiger charge is -1.98. The van der Waals surface area contributed by atoms with Crippen molar-refractivity contribution in [3.63, 3.8) is 0 Å². The predicted octanol–water partition coefficient (Wildman–Crippen LogP) is 4.10. The molecule has 2 nitrogen and oxygen atoms in total. The second-order valence-corrected chi connectivity index (χ2v) is 5.76. The number of aromatic nitrogens is 1. The van der Waals surface area contributed by atoms with E-state index in [0.717, 1.165) is 27.9 Å². The van der Waals surface area contributed by atoms with Crippen LogP contribution in [0.25, 0.3) is 16.0 Å². The summed E-state index contributed by atoms with van der Waals surface area (Å²) in [6.07, 6.45) is 2.89. The second kappa shape index (κ2) is 4.10. The van der Waals surface area contributed by atoms with E-state index in [-0.39, 0.29) is 0 Å². The van der Waals surface area contributed by atoms with Crippen molar-refractivity contribution in [3.05, 3.63) is 52.7 Å². The van der Waals surface area contributed by atoms with Crippen molar-refractivity contribution in [1.82, 2.24) is 4.40 Å². The van der Waals surface area contributed by atoms with Crippen LogP contribution in [0.3, 0.4) is 0 Å². The Morgan fingerprint density at radius 3 is 2.67 bits per heavy atom. The van der Waals surface area contributed by atoms with Gasteiger partial charge in [0.05, 0.1) is 5.69 Å². The quantitative estimate of drug-likeness (QED) is 0.632. The van der Waals surface area contributed by atoms with Crippen LogP contribution in [0.5, 0.6) is 0 Å². The third-order valence-corrected chi connectivity index (χ3v) is 4.12. The Labute approximate surface area is 110 Å². The highest BCUT2D eigenvalue weighted by Crippen LogP contribution is 2.32. The van der Waals surface area contributed by atoms with Crippen LogP contribution in [0, 0.1) is 13.8 Å². The summed E-state index contributed by atoms with van der Waals surface area (Å²) in [4.78, 5) is 13.8. The maximum atomic E-state index is 11.4. The van der Waals surface area contributed by atoms with Gasteiger partial charge in [0.15, 0.2) is 6.29 Å². The first-order chi connectivity index (χ1) is 8.69. The van der Waals surface area contributed by atoms with Gasteiger partial charge in [0, 0.05) is 27.0 Å². The van der Waals surface area contributed by atoms with E-state index in [2.05, 4.69) is 38.1 Å². The van der Waals surface area contributed by atoms with Crippen LogP contribution < -0.4 is 0 Å². The SMILES string of the molecule is Cc1ccn2c(C=O)c(-c3ccc(C)s3)cc2c1. The Bertz CT molecular complexity index is 736. The summed E-state index contributed by atoms with van der Waals surface area (Å²) < 4.78 is 1.95. The normalized spacial score (nSPS) is 11.0. The van der Waals surface area contributed by atoms with Gasteiger partial charge in [-0.2, -0.15) is 0 Å². The lowest BCUT2D eigenvalue weighted by molar-refractivity contribution is 0.111. The lowest BCUT2D eigenvalue weighted by atomic mass is 10.2. The number of rotatable bonds is 2. The Morgan fingerprint density at radius 1 is 1.17 bits per heavy atom. The van der Waals surface area contributed by atoms with Crippen molar-refractivity contribution < 1.29 is 4.79 Å². The van der Waals surface area contributed by atoms with Crippen molar-refractivity contribution in [1.29, 1.82) is 0 Å². The predicted molar refractivity (Wildman–Crippen MR) is 75.6 cm³/mol. The van der Waals surface area contributed by atoms with Gasteiger partial charge < -0.3 is 4.40 Å². The first-order valence-electron chi connectivity index (χ1n) is 5.83. The topological polar surface area (TPSA) is 21.5 Å². The molecular formula is C15H13NOS. The molecule has 0 aromatic carbocycles. The molecular weight excluding hydrogens is 242 g/mol. The van der Waals surface area contributed by atoms with Crippen molar-refractivity contribution in [3.8, 4) is 10.4 Å². The fraction of sp³-hybridized carbons (Fsp3) is 0.133. The van der Waals surface area contributed by atoms with Crippen molar-refractivity contribution in [2.75, 3.05) is 0 Å². The third-order valence-electron chi connectivity index (χ3n) is 3.09. The van der Waals surface area contributed by atoms with Crippen LogP contribution in [-0.4, -0.2) is 10.7 Å². The zero-order chi connectivity index (χ0) is 12.7. The molecule has 0 radical (unpaired) electrons. The molecule has 0 spiro atoms. The summed E-state index contributed by atoms with van der Waals surface area (Å²) in [5.41, 5.74) is 4.02. The number of pyridine rings is 1. The number of carbonyl (C=O) groups is 1. The highest BCUT2D eigenvalue weighted by molar-refractivity contribution is 7.15.